The molecule has 1 N–H and O–H groups in total. The van der Waals surface area contributed by atoms with E-state index < -0.39 is 0 Å². The largest absolute Gasteiger partial charge is 0.360 e. The van der Waals surface area contributed by atoms with Crippen LogP contribution in [0, 0.1) is 6.07 Å². The summed E-state index contributed by atoms with van der Waals surface area (Å²) < 4.78 is 0. The van der Waals surface area contributed by atoms with E-state index in [4.69, 9.17) is 0 Å². The van der Waals surface area contributed by atoms with Crippen LogP contribution in [-0.2, 0) is 0 Å². The van der Waals surface area contributed by atoms with E-state index in [1.807, 2.05) is 36.5 Å². The molecule has 2 aromatic carbocycles. The molecule has 1 aromatic heterocycles. The minimum Gasteiger partial charge on any atom is -0.360 e. The summed E-state index contributed by atoms with van der Waals surface area (Å²) in [5.74, 6) is 0. The summed E-state index contributed by atoms with van der Waals surface area (Å²) in [6.45, 7) is 0. The number of aromatic nitrogens is 1. The fourth-order valence-corrected chi connectivity index (χ4v) is 2.31. The Labute approximate surface area is 104 Å². The lowest BCUT2D eigenvalue weighted by Gasteiger charge is -1.99. The molecule has 0 amide bonds. The highest BCUT2D eigenvalue weighted by molar-refractivity contribution is 6.22. The molecule has 4 rings (SSSR count). The number of hydrogen-bond donors (Lipinski definition) is 1. The van der Waals surface area contributed by atoms with Gasteiger partial charge in [-0.25, -0.2) is 0 Å². The van der Waals surface area contributed by atoms with E-state index in [1.54, 1.807) is 0 Å². The van der Waals surface area contributed by atoms with Crippen LogP contribution in [0.4, 0.5) is 5.69 Å². The molecule has 18 heavy (non-hydrogen) atoms. The molecule has 0 aliphatic carbocycles. The molecule has 1 aliphatic rings. The number of aromatic amines is 1. The Morgan fingerprint density at radius 3 is 3.00 bits per heavy atom. The van der Waals surface area contributed by atoms with Crippen LogP contribution >= 0.6 is 0 Å². The van der Waals surface area contributed by atoms with Crippen LogP contribution < -0.4 is 5.43 Å². The minimum absolute atomic E-state index is 0.887. The smallest absolute Gasteiger partial charge is 0.105 e. The number of fused-ring (bicyclic) bond motifs is 2. The first-order valence-corrected chi connectivity index (χ1v) is 5.80. The highest BCUT2D eigenvalue weighted by atomic mass is 15.3. The molecule has 0 bridgehead atoms. The lowest BCUT2D eigenvalue weighted by Crippen LogP contribution is -1.98. The van der Waals surface area contributed by atoms with Gasteiger partial charge in [0, 0.05) is 28.2 Å². The lowest BCUT2D eigenvalue weighted by atomic mass is 10.0. The van der Waals surface area contributed by atoms with E-state index in [2.05, 4.69) is 33.7 Å². The van der Waals surface area contributed by atoms with E-state index in [1.165, 1.54) is 0 Å². The van der Waals surface area contributed by atoms with Crippen LogP contribution in [-0.4, -0.2) is 10.7 Å². The van der Waals surface area contributed by atoms with E-state index in [9.17, 15) is 0 Å². The van der Waals surface area contributed by atoms with Gasteiger partial charge in [0.25, 0.3) is 0 Å². The number of nitrogens with one attached hydrogen (secondary N) is 1. The van der Waals surface area contributed by atoms with Crippen molar-refractivity contribution in [1.29, 1.82) is 0 Å². The van der Waals surface area contributed by atoms with E-state index in [-0.39, 0.29) is 0 Å². The first-order valence-electron chi connectivity index (χ1n) is 5.80. The maximum absolute atomic E-state index is 4.29. The number of H-pyrrole nitrogens is 1. The average Bonchev–Trinajstić information content (AvgIpc) is 3.01. The fraction of sp³-hybridized carbons (Fsp3) is 0. The predicted molar refractivity (Wildman–Crippen MR) is 71.0 cm³/mol. The van der Waals surface area contributed by atoms with Crippen LogP contribution in [0.25, 0.3) is 10.9 Å². The molecule has 1 aliphatic heterocycles. The summed E-state index contributed by atoms with van der Waals surface area (Å²) in [6, 6.07) is 17.2. The highest BCUT2D eigenvalue weighted by Gasteiger charge is 2.20. The van der Waals surface area contributed by atoms with Crippen molar-refractivity contribution in [3.05, 3.63) is 65.9 Å². The SMILES string of the molecule is [c]1cccc2c1C(c1c[nH]c3ccccc13)=N[N]2. The highest BCUT2D eigenvalue weighted by Crippen LogP contribution is 2.28. The number of para-hydroxylation sites is 1. The van der Waals surface area contributed by atoms with Gasteiger partial charge in [0.1, 0.15) is 5.71 Å². The van der Waals surface area contributed by atoms with E-state index >= 15 is 0 Å². The number of benzene rings is 2. The van der Waals surface area contributed by atoms with Crippen molar-refractivity contribution >= 4 is 22.3 Å². The van der Waals surface area contributed by atoms with Crippen LogP contribution in [0.15, 0.2) is 53.8 Å². The summed E-state index contributed by atoms with van der Waals surface area (Å²) in [5.41, 5.74) is 9.13. The van der Waals surface area contributed by atoms with Gasteiger partial charge >= 0.3 is 0 Å². The second-order valence-electron chi connectivity index (χ2n) is 4.23. The van der Waals surface area contributed by atoms with Crippen molar-refractivity contribution in [2.24, 2.45) is 5.10 Å². The molecule has 3 aromatic rings. The number of hydrogen-bond acceptors (Lipinski definition) is 1. The van der Waals surface area contributed by atoms with Crippen molar-refractivity contribution in [3.63, 3.8) is 0 Å². The third-order valence-corrected chi connectivity index (χ3v) is 3.17. The second-order valence-corrected chi connectivity index (χ2v) is 4.23. The van der Waals surface area contributed by atoms with Crippen LogP contribution in [0.1, 0.15) is 11.1 Å². The second kappa shape index (κ2) is 3.47. The number of nitrogens with zero attached hydrogens (tertiary/aromatic N) is 2. The molecular weight excluding hydrogens is 222 g/mol. The predicted octanol–water partition coefficient (Wildman–Crippen LogP) is 2.97. The maximum Gasteiger partial charge on any atom is 0.105 e. The summed E-state index contributed by atoms with van der Waals surface area (Å²) in [5, 5.41) is 5.45. The Morgan fingerprint density at radius 2 is 2.00 bits per heavy atom. The van der Waals surface area contributed by atoms with E-state index in [0.29, 0.717) is 0 Å². The Morgan fingerprint density at radius 1 is 1.06 bits per heavy atom. The van der Waals surface area contributed by atoms with Crippen LogP contribution in [0.5, 0.6) is 0 Å². The van der Waals surface area contributed by atoms with Gasteiger partial charge < -0.3 is 4.98 Å². The van der Waals surface area contributed by atoms with Gasteiger partial charge in [0.2, 0.25) is 0 Å². The molecule has 2 heterocycles. The van der Waals surface area contributed by atoms with Crippen LogP contribution in [0.2, 0.25) is 0 Å². The molecular formula is C15H9N3. The van der Waals surface area contributed by atoms with Gasteiger partial charge in [0.15, 0.2) is 0 Å². The molecule has 84 valence electrons. The van der Waals surface area contributed by atoms with Gasteiger partial charge in [0.05, 0.1) is 5.69 Å². The Balaban J connectivity index is 1.95. The molecule has 0 fully saturated rings. The van der Waals surface area contributed by atoms with Crippen LogP contribution in [0.3, 0.4) is 0 Å². The van der Waals surface area contributed by atoms with Gasteiger partial charge in [-0.05, 0) is 18.2 Å². The molecule has 0 atom stereocenters. The van der Waals surface area contributed by atoms with Gasteiger partial charge in [-0.1, -0.05) is 30.3 Å². The molecule has 0 saturated heterocycles. The molecule has 3 nitrogen and oxygen atoms in total. The zero-order valence-corrected chi connectivity index (χ0v) is 9.51. The first-order chi connectivity index (χ1) is 8.93. The average molecular weight is 231 g/mol. The number of rotatable bonds is 1. The third kappa shape index (κ3) is 1.21. The Kier molecular flexibility index (Phi) is 1.83. The summed E-state index contributed by atoms with van der Waals surface area (Å²) >= 11 is 0. The normalized spacial score (nSPS) is 13.2. The standard InChI is InChI=1S/C15H9N3/c1-3-7-13-10(5-1)12(9-16-13)15-11-6-2-4-8-14(11)17-18-15/h1-5,7-9,16H. The van der Waals surface area contributed by atoms with Crippen molar-refractivity contribution < 1.29 is 0 Å². The quantitative estimate of drug-likeness (QED) is 0.669. The third-order valence-electron chi connectivity index (χ3n) is 3.17. The topological polar surface area (TPSA) is 42.2 Å². The van der Waals surface area contributed by atoms with Gasteiger partial charge in [-0.15, -0.1) is 10.5 Å². The molecule has 0 spiro atoms. The monoisotopic (exact) mass is 231 g/mol. The first kappa shape index (κ1) is 9.48. The van der Waals surface area contributed by atoms with Gasteiger partial charge in [-0.2, -0.15) is 0 Å². The minimum atomic E-state index is 0.887. The summed E-state index contributed by atoms with van der Waals surface area (Å²) in [4.78, 5) is 3.26. The Hall–Kier alpha value is -2.55. The van der Waals surface area contributed by atoms with Crippen molar-refractivity contribution in [2.45, 2.75) is 0 Å². The molecule has 0 saturated carbocycles. The van der Waals surface area contributed by atoms with Crippen molar-refractivity contribution in [2.75, 3.05) is 0 Å². The zero-order valence-electron chi connectivity index (χ0n) is 9.51. The molecule has 0 unspecified atom stereocenters. The zero-order chi connectivity index (χ0) is 11.9. The fourth-order valence-electron chi connectivity index (χ4n) is 2.31. The summed E-state index contributed by atoms with van der Waals surface area (Å²) in [7, 11) is 0. The lowest BCUT2D eigenvalue weighted by molar-refractivity contribution is 0.987. The Bertz CT molecular complexity index is 768. The molecule has 2 radical (unpaired) electrons. The van der Waals surface area contributed by atoms with Crippen molar-refractivity contribution in [3.8, 4) is 0 Å². The van der Waals surface area contributed by atoms with E-state index in [0.717, 1.165) is 33.4 Å². The van der Waals surface area contributed by atoms with Crippen molar-refractivity contribution in [1.82, 2.24) is 10.4 Å². The summed E-state index contributed by atoms with van der Waals surface area (Å²) in [6.07, 6.45) is 1.98. The molecule has 3 heteroatoms. The maximum atomic E-state index is 4.29. The van der Waals surface area contributed by atoms with Gasteiger partial charge in [-0.3, -0.25) is 0 Å².